The summed E-state index contributed by atoms with van der Waals surface area (Å²) in [6, 6.07) is 0.380. The first-order chi connectivity index (χ1) is 8.86. The summed E-state index contributed by atoms with van der Waals surface area (Å²) in [5.41, 5.74) is 4.74. The van der Waals surface area contributed by atoms with Crippen molar-refractivity contribution in [2.75, 3.05) is 6.61 Å². The Bertz CT molecular complexity index is 506. The van der Waals surface area contributed by atoms with E-state index in [1.165, 1.54) is 0 Å². The van der Waals surface area contributed by atoms with Crippen LogP contribution in [0.5, 0.6) is 5.75 Å². The summed E-state index contributed by atoms with van der Waals surface area (Å²) in [6.07, 6.45) is -0.189. The third kappa shape index (κ3) is 3.62. The lowest BCUT2D eigenvalue weighted by atomic mass is 10.0. The summed E-state index contributed by atoms with van der Waals surface area (Å²) >= 11 is 0. The number of hydrogen-bond acceptors (Lipinski definition) is 6. The average molecular weight is 272 g/mol. The first-order valence-electron chi connectivity index (χ1n) is 5.44. The molecule has 0 aliphatic rings. The Hall–Kier alpha value is -2.22. The van der Waals surface area contributed by atoms with Crippen LogP contribution in [0.4, 0.5) is 10.1 Å². The highest BCUT2D eigenvalue weighted by molar-refractivity contribution is 5.76. The van der Waals surface area contributed by atoms with Crippen molar-refractivity contribution in [3.63, 3.8) is 0 Å². The Balaban J connectivity index is 2.98. The summed E-state index contributed by atoms with van der Waals surface area (Å²) in [6.45, 7) is 1.74. The molecule has 3 N–H and O–H groups in total. The number of carbonyl (C=O) groups is 1. The molecule has 0 bridgehead atoms. The smallest absolute Gasteiger partial charge is 0.323 e. The Labute approximate surface area is 107 Å². The fourth-order valence-corrected chi connectivity index (χ4v) is 1.47. The third-order valence-corrected chi connectivity index (χ3v) is 2.37. The van der Waals surface area contributed by atoms with Gasteiger partial charge >= 0.3 is 11.7 Å². The maximum absolute atomic E-state index is 13.2. The van der Waals surface area contributed by atoms with Crippen molar-refractivity contribution < 1.29 is 24.0 Å². The summed E-state index contributed by atoms with van der Waals surface area (Å²) in [4.78, 5) is 21.0. The molecule has 0 radical (unpaired) electrons. The van der Waals surface area contributed by atoms with Crippen LogP contribution in [0.1, 0.15) is 12.5 Å². The lowest BCUT2D eigenvalue weighted by molar-refractivity contribution is -0.387. The number of phenolic OH excluding ortho intramolecular Hbond substituents is 1. The van der Waals surface area contributed by atoms with E-state index in [1.54, 1.807) is 6.92 Å². The molecule has 1 aromatic carbocycles. The second-order valence-corrected chi connectivity index (χ2v) is 3.75. The van der Waals surface area contributed by atoms with E-state index in [4.69, 9.17) is 5.73 Å². The topological polar surface area (TPSA) is 116 Å². The Morgan fingerprint density at radius 3 is 2.79 bits per heavy atom. The fourth-order valence-electron chi connectivity index (χ4n) is 1.47. The lowest BCUT2D eigenvalue weighted by Crippen LogP contribution is -2.34. The van der Waals surface area contributed by atoms with Crippen LogP contribution in [0, 0.1) is 15.9 Å². The van der Waals surface area contributed by atoms with Gasteiger partial charge in [-0.2, -0.15) is 4.39 Å². The molecule has 0 aliphatic heterocycles. The van der Waals surface area contributed by atoms with Gasteiger partial charge < -0.3 is 15.6 Å². The second-order valence-electron chi connectivity index (χ2n) is 3.75. The van der Waals surface area contributed by atoms with Crippen molar-refractivity contribution in [1.82, 2.24) is 0 Å². The van der Waals surface area contributed by atoms with Crippen LogP contribution < -0.4 is 5.73 Å². The van der Waals surface area contributed by atoms with Crippen LogP contribution in [-0.4, -0.2) is 28.6 Å². The van der Waals surface area contributed by atoms with Crippen molar-refractivity contribution in [2.45, 2.75) is 19.4 Å². The zero-order chi connectivity index (χ0) is 14.6. The highest BCUT2D eigenvalue weighted by atomic mass is 19.1. The number of halogens is 1. The molecule has 0 spiro atoms. The van der Waals surface area contributed by atoms with E-state index in [9.17, 15) is 24.4 Å². The van der Waals surface area contributed by atoms with Crippen LogP contribution in [0.25, 0.3) is 0 Å². The van der Waals surface area contributed by atoms with E-state index in [2.05, 4.69) is 4.74 Å². The van der Waals surface area contributed by atoms with E-state index >= 15 is 0 Å². The minimum atomic E-state index is -1.16. The standard InChI is InChI=1S/C11H13FN2O5/c1-2-19-11(16)8(13)3-6-4-9(14(17)18)7(12)5-10(6)15/h4-5,8,15H,2-3,13H2,1H3. The predicted octanol–water partition coefficient (Wildman–Crippen LogP) is 0.872. The number of esters is 1. The number of aromatic hydroxyl groups is 1. The molecule has 19 heavy (non-hydrogen) atoms. The molecule has 1 rings (SSSR count). The fraction of sp³-hybridized carbons (Fsp3) is 0.364. The third-order valence-electron chi connectivity index (χ3n) is 2.37. The van der Waals surface area contributed by atoms with Crippen molar-refractivity contribution in [2.24, 2.45) is 5.73 Å². The molecule has 0 aromatic heterocycles. The van der Waals surface area contributed by atoms with Gasteiger partial charge in [-0.25, -0.2) is 0 Å². The molecule has 104 valence electrons. The largest absolute Gasteiger partial charge is 0.508 e. The summed E-state index contributed by atoms with van der Waals surface area (Å²) in [7, 11) is 0. The van der Waals surface area contributed by atoms with E-state index < -0.39 is 34.2 Å². The molecular formula is C11H13FN2O5. The van der Waals surface area contributed by atoms with Crippen LogP contribution >= 0.6 is 0 Å². The van der Waals surface area contributed by atoms with Gasteiger partial charge in [0.05, 0.1) is 11.5 Å². The Morgan fingerprint density at radius 1 is 1.63 bits per heavy atom. The van der Waals surface area contributed by atoms with Crippen LogP contribution in [0.2, 0.25) is 0 Å². The van der Waals surface area contributed by atoms with Gasteiger partial charge in [0.15, 0.2) is 0 Å². The molecule has 1 aromatic rings. The predicted molar refractivity (Wildman–Crippen MR) is 63.0 cm³/mol. The van der Waals surface area contributed by atoms with Gasteiger partial charge in [0, 0.05) is 24.1 Å². The SMILES string of the molecule is CCOC(=O)C(N)Cc1cc([N+](=O)[O-])c(F)cc1O. The number of carbonyl (C=O) groups excluding carboxylic acids is 1. The van der Waals surface area contributed by atoms with Gasteiger partial charge in [0.1, 0.15) is 11.8 Å². The van der Waals surface area contributed by atoms with Crippen LogP contribution in [0.15, 0.2) is 12.1 Å². The maximum Gasteiger partial charge on any atom is 0.323 e. The van der Waals surface area contributed by atoms with Gasteiger partial charge in [-0.1, -0.05) is 0 Å². The van der Waals surface area contributed by atoms with Gasteiger partial charge in [0.25, 0.3) is 0 Å². The molecule has 1 atom stereocenters. The number of ether oxygens (including phenoxy) is 1. The Kier molecular flexibility index (Phi) is 4.76. The van der Waals surface area contributed by atoms with Gasteiger partial charge in [-0.15, -0.1) is 0 Å². The first-order valence-corrected chi connectivity index (χ1v) is 5.44. The number of hydrogen-bond donors (Lipinski definition) is 2. The number of nitrogens with zero attached hydrogens (tertiary/aromatic N) is 1. The molecule has 0 amide bonds. The average Bonchev–Trinajstić information content (AvgIpc) is 2.32. The molecule has 0 heterocycles. The molecule has 0 saturated heterocycles. The summed E-state index contributed by atoms with van der Waals surface area (Å²) < 4.78 is 17.8. The number of nitro groups is 1. The normalized spacial score (nSPS) is 11.9. The van der Waals surface area contributed by atoms with E-state index in [0.717, 1.165) is 6.07 Å². The van der Waals surface area contributed by atoms with Crippen molar-refractivity contribution in [1.29, 1.82) is 0 Å². The number of phenols is 1. The number of nitro benzene ring substituents is 1. The van der Waals surface area contributed by atoms with Gasteiger partial charge in [-0.05, 0) is 6.92 Å². The number of nitrogens with two attached hydrogens (primary N) is 1. The van der Waals surface area contributed by atoms with Gasteiger partial charge in [-0.3, -0.25) is 14.9 Å². The molecule has 0 aliphatic carbocycles. The highest BCUT2D eigenvalue weighted by Crippen LogP contribution is 2.27. The maximum atomic E-state index is 13.2. The molecule has 8 heteroatoms. The summed E-state index contributed by atoms with van der Waals surface area (Å²) in [5, 5.41) is 20.1. The summed E-state index contributed by atoms with van der Waals surface area (Å²) in [5.74, 6) is -2.35. The Morgan fingerprint density at radius 2 is 2.26 bits per heavy atom. The molecule has 1 unspecified atom stereocenters. The zero-order valence-electron chi connectivity index (χ0n) is 10.1. The van der Waals surface area contributed by atoms with Gasteiger partial charge in [0.2, 0.25) is 5.82 Å². The minimum absolute atomic E-state index is 0.00801. The van der Waals surface area contributed by atoms with E-state index in [1.807, 2.05) is 0 Å². The van der Waals surface area contributed by atoms with E-state index in [-0.39, 0.29) is 18.6 Å². The lowest BCUT2D eigenvalue weighted by Gasteiger charge is -2.11. The monoisotopic (exact) mass is 272 g/mol. The van der Waals surface area contributed by atoms with Crippen LogP contribution in [-0.2, 0) is 16.0 Å². The molecule has 0 saturated carbocycles. The zero-order valence-corrected chi connectivity index (χ0v) is 10.1. The highest BCUT2D eigenvalue weighted by Gasteiger charge is 2.22. The molecule has 7 nitrogen and oxygen atoms in total. The minimum Gasteiger partial charge on any atom is -0.508 e. The number of benzene rings is 1. The van der Waals surface area contributed by atoms with Crippen molar-refractivity contribution >= 4 is 11.7 Å². The van der Waals surface area contributed by atoms with E-state index in [0.29, 0.717) is 6.07 Å². The molecular weight excluding hydrogens is 259 g/mol. The quantitative estimate of drug-likeness (QED) is 0.467. The molecule has 0 fully saturated rings. The number of rotatable bonds is 5. The van der Waals surface area contributed by atoms with Crippen LogP contribution in [0.3, 0.4) is 0 Å². The van der Waals surface area contributed by atoms with Crippen molar-refractivity contribution in [3.8, 4) is 5.75 Å². The first kappa shape index (κ1) is 14.8. The second kappa shape index (κ2) is 6.10. The van der Waals surface area contributed by atoms with Crippen molar-refractivity contribution in [3.05, 3.63) is 33.6 Å².